The summed E-state index contributed by atoms with van der Waals surface area (Å²) in [6, 6.07) is 6.93. The minimum Gasteiger partial charge on any atom is -0.383 e. The molecule has 2 fully saturated rings. The van der Waals surface area contributed by atoms with Gasteiger partial charge in [0.25, 0.3) is 0 Å². The fraction of sp³-hybridized carbons (Fsp3) is 0.579. The van der Waals surface area contributed by atoms with Gasteiger partial charge >= 0.3 is 6.03 Å². The van der Waals surface area contributed by atoms with Crippen molar-refractivity contribution in [1.82, 2.24) is 14.7 Å². The lowest BCUT2D eigenvalue weighted by atomic mass is 10.2. The third-order valence-corrected chi connectivity index (χ3v) is 5.40. The second kappa shape index (κ2) is 9.39. The van der Waals surface area contributed by atoms with Crippen molar-refractivity contribution >= 4 is 29.2 Å². The van der Waals surface area contributed by atoms with E-state index in [-0.39, 0.29) is 18.0 Å². The van der Waals surface area contributed by atoms with E-state index in [1.54, 1.807) is 19.2 Å². The number of benzene rings is 1. The molecule has 8 heteroatoms. The molecule has 1 atom stereocenters. The Morgan fingerprint density at radius 1 is 1.26 bits per heavy atom. The maximum Gasteiger partial charge on any atom is 0.321 e. The number of amides is 3. The zero-order chi connectivity index (χ0) is 19.2. The topological polar surface area (TPSA) is 65.1 Å². The van der Waals surface area contributed by atoms with Crippen LogP contribution < -0.4 is 5.32 Å². The number of anilines is 1. The molecule has 0 aliphatic carbocycles. The molecule has 3 amide bonds. The van der Waals surface area contributed by atoms with Gasteiger partial charge < -0.3 is 19.9 Å². The number of carbonyl (C=O) groups excluding carboxylic acids is 2. The molecule has 7 nitrogen and oxygen atoms in total. The Morgan fingerprint density at radius 3 is 2.89 bits per heavy atom. The summed E-state index contributed by atoms with van der Waals surface area (Å²) < 4.78 is 5.08. The molecule has 2 heterocycles. The fourth-order valence-electron chi connectivity index (χ4n) is 3.71. The van der Waals surface area contributed by atoms with Crippen molar-refractivity contribution in [2.24, 2.45) is 0 Å². The van der Waals surface area contributed by atoms with Crippen LogP contribution in [0.15, 0.2) is 24.3 Å². The van der Waals surface area contributed by atoms with Crippen LogP contribution in [0.2, 0.25) is 5.02 Å². The molecule has 0 saturated carbocycles. The molecule has 0 radical (unpaired) electrons. The largest absolute Gasteiger partial charge is 0.383 e. The Morgan fingerprint density at radius 2 is 2.11 bits per heavy atom. The fourth-order valence-corrected chi connectivity index (χ4v) is 3.90. The Balaban J connectivity index is 1.53. The van der Waals surface area contributed by atoms with Gasteiger partial charge in [0.2, 0.25) is 5.91 Å². The van der Waals surface area contributed by atoms with Gasteiger partial charge in [-0.1, -0.05) is 17.7 Å². The monoisotopic (exact) mass is 394 g/mol. The maximum atomic E-state index is 12.6. The quantitative estimate of drug-likeness (QED) is 0.830. The first-order valence-electron chi connectivity index (χ1n) is 9.42. The normalized spacial score (nSPS) is 21.4. The molecular formula is C19H27ClN4O3. The van der Waals surface area contributed by atoms with E-state index in [0.29, 0.717) is 43.5 Å². The second-order valence-electron chi connectivity index (χ2n) is 6.94. The van der Waals surface area contributed by atoms with E-state index in [2.05, 4.69) is 10.2 Å². The third-order valence-electron chi connectivity index (χ3n) is 5.17. The summed E-state index contributed by atoms with van der Waals surface area (Å²) in [5, 5.41) is 3.49. The molecule has 1 aromatic carbocycles. The summed E-state index contributed by atoms with van der Waals surface area (Å²) in [4.78, 5) is 31.1. The molecule has 148 valence electrons. The van der Waals surface area contributed by atoms with Gasteiger partial charge in [-0.15, -0.1) is 0 Å². The van der Waals surface area contributed by atoms with Crippen molar-refractivity contribution in [2.75, 3.05) is 58.3 Å². The Hall–Kier alpha value is -1.83. The van der Waals surface area contributed by atoms with E-state index in [4.69, 9.17) is 16.3 Å². The van der Waals surface area contributed by atoms with Crippen molar-refractivity contribution in [3.05, 3.63) is 29.3 Å². The molecule has 2 aliphatic heterocycles. The molecule has 1 N–H and O–H groups in total. The number of urea groups is 1. The van der Waals surface area contributed by atoms with Gasteiger partial charge in [-0.3, -0.25) is 9.69 Å². The van der Waals surface area contributed by atoms with Crippen LogP contribution >= 0.6 is 11.6 Å². The molecule has 1 aromatic rings. The highest BCUT2D eigenvalue weighted by molar-refractivity contribution is 6.30. The van der Waals surface area contributed by atoms with Crippen molar-refractivity contribution in [2.45, 2.75) is 18.9 Å². The lowest BCUT2D eigenvalue weighted by Crippen LogP contribution is -2.44. The Bertz CT molecular complexity index is 672. The van der Waals surface area contributed by atoms with Gasteiger partial charge in [0.1, 0.15) is 0 Å². The van der Waals surface area contributed by atoms with Gasteiger partial charge in [-0.25, -0.2) is 4.79 Å². The molecule has 0 bridgehead atoms. The smallest absolute Gasteiger partial charge is 0.321 e. The minimum absolute atomic E-state index is 0.0715. The number of likely N-dealkylation sites (tertiary alicyclic amines) is 1. The number of nitrogens with zero attached hydrogens (tertiary/aromatic N) is 3. The molecule has 2 saturated heterocycles. The average molecular weight is 395 g/mol. The Kier molecular flexibility index (Phi) is 6.93. The van der Waals surface area contributed by atoms with E-state index in [0.717, 1.165) is 25.9 Å². The van der Waals surface area contributed by atoms with Crippen molar-refractivity contribution in [3.63, 3.8) is 0 Å². The van der Waals surface area contributed by atoms with E-state index < -0.39 is 0 Å². The number of hydrogen-bond acceptors (Lipinski definition) is 4. The SMILES string of the molecule is COCCN1CCC(N2CCCN(C(=O)Nc3cccc(Cl)c3)CC2)C1=O. The predicted octanol–water partition coefficient (Wildman–Crippen LogP) is 2.13. The van der Waals surface area contributed by atoms with Gasteiger partial charge in [-0.05, 0) is 31.0 Å². The van der Waals surface area contributed by atoms with Crippen molar-refractivity contribution < 1.29 is 14.3 Å². The van der Waals surface area contributed by atoms with E-state index in [9.17, 15) is 9.59 Å². The van der Waals surface area contributed by atoms with Crippen molar-refractivity contribution in [3.8, 4) is 0 Å². The number of ether oxygens (including phenoxy) is 1. The lowest BCUT2D eigenvalue weighted by molar-refractivity contribution is -0.132. The molecule has 0 aromatic heterocycles. The first kappa shape index (κ1) is 19.9. The van der Waals surface area contributed by atoms with Crippen LogP contribution in [0, 0.1) is 0 Å². The van der Waals surface area contributed by atoms with Crippen LogP contribution in [-0.4, -0.2) is 85.7 Å². The highest BCUT2D eigenvalue weighted by atomic mass is 35.5. The molecule has 27 heavy (non-hydrogen) atoms. The van der Waals surface area contributed by atoms with Gasteiger partial charge in [0.05, 0.1) is 12.6 Å². The maximum absolute atomic E-state index is 12.6. The molecule has 1 unspecified atom stereocenters. The standard InChI is InChI=1S/C19H27ClN4O3/c1-27-13-12-23-9-6-17(18(23)25)22-7-3-8-24(11-10-22)19(26)21-16-5-2-4-15(20)14-16/h2,4-5,14,17H,3,6-13H2,1H3,(H,21,26). The zero-order valence-corrected chi connectivity index (χ0v) is 16.5. The zero-order valence-electron chi connectivity index (χ0n) is 15.7. The third kappa shape index (κ3) is 5.12. The summed E-state index contributed by atoms with van der Waals surface area (Å²) in [7, 11) is 1.65. The summed E-state index contributed by atoms with van der Waals surface area (Å²) in [5.41, 5.74) is 0.688. The first-order chi connectivity index (χ1) is 13.1. The van der Waals surface area contributed by atoms with E-state index in [1.165, 1.54) is 0 Å². The van der Waals surface area contributed by atoms with Gasteiger partial charge in [-0.2, -0.15) is 0 Å². The van der Waals surface area contributed by atoms with Crippen LogP contribution in [0.1, 0.15) is 12.8 Å². The van der Waals surface area contributed by atoms with Crippen LogP contribution in [0.4, 0.5) is 10.5 Å². The Labute approximate surface area is 165 Å². The van der Waals surface area contributed by atoms with Crippen molar-refractivity contribution in [1.29, 1.82) is 0 Å². The van der Waals surface area contributed by atoms with Crippen LogP contribution in [0.5, 0.6) is 0 Å². The lowest BCUT2D eigenvalue weighted by Gasteiger charge is -2.26. The van der Waals surface area contributed by atoms with Crippen LogP contribution in [0.25, 0.3) is 0 Å². The van der Waals surface area contributed by atoms with E-state index >= 15 is 0 Å². The summed E-state index contributed by atoms with van der Waals surface area (Å²) in [6.45, 7) is 4.81. The number of rotatable bonds is 5. The molecule has 2 aliphatic rings. The minimum atomic E-state index is -0.126. The number of halogens is 1. The van der Waals surface area contributed by atoms with Gasteiger partial charge in [0, 0.05) is 57.1 Å². The summed E-state index contributed by atoms with van der Waals surface area (Å²) in [5.74, 6) is 0.184. The number of hydrogen-bond donors (Lipinski definition) is 1. The first-order valence-corrected chi connectivity index (χ1v) is 9.79. The molecule has 3 rings (SSSR count). The van der Waals surface area contributed by atoms with E-state index in [1.807, 2.05) is 21.9 Å². The van der Waals surface area contributed by atoms with Crippen LogP contribution in [-0.2, 0) is 9.53 Å². The number of carbonyl (C=O) groups is 2. The summed E-state index contributed by atoms with van der Waals surface area (Å²) in [6.07, 6.45) is 1.70. The van der Waals surface area contributed by atoms with Crippen LogP contribution in [0.3, 0.4) is 0 Å². The predicted molar refractivity (Wildman–Crippen MR) is 105 cm³/mol. The number of nitrogens with one attached hydrogen (secondary N) is 1. The van der Waals surface area contributed by atoms with Gasteiger partial charge in [0.15, 0.2) is 0 Å². The highest BCUT2D eigenvalue weighted by Crippen LogP contribution is 2.20. The molecule has 0 spiro atoms. The molecular weight excluding hydrogens is 368 g/mol. The highest BCUT2D eigenvalue weighted by Gasteiger charge is 2.36. The number of methoxy groups -OCH3 is 1. The average Bonchev–Trinajstić information content (AvgIpc) is 2.86. The summed E-state index contributed by atoms with van der Waals surface area (Å²) >= 11 is 5.97. The second-order valence-corrected chi connectivity index (χ2v) is 7.38.